The number of carboxylic acid groups (broad SMARTS) is 1. The van der Waals surface area contributed by atoms with E-state index in [1.807, 2.05) is 0 Å². The number of carbonyl (C=O) groups excluding carboxylic acids is 1. The monoisotopic (exact) mass is 280 g/mol. The van der Waals surface area contributed by atoms with Gasteiger partial charge in [-0.15, -0.1) is 0 Å². The van der Waals surface area contributed by atoms with Crippen molar-refractivity contribution in [2.45, 2.75) is 38.8 Å². The molecule has 0 saturated heterocycles. The lowest BCUT2D eigenvalue weighted by Gasteiger charge is -2.28. The van der Waals surface area contributed by atoms with Crippen molar-refractivity contribution in [3.8, 4) is 0 Å². The number of nitrogens with zero attached hydrogens (tertiary/aromatic N) is 2. The number of pyridine rings is 1. The first-order valence-corrected chi connectivity index (χ1v) is 6.28. The average Bonchev–Trinajstić information content (AvgIpc) is 2.34. The lowest BCUT2D eigenvalue weighted by Crippen LogP contribution is -2.46. The lowest BCUT2D eigenvalue weighted by molar-refractivity contribution is -0.142. The Balaban J connectivity index is 2.81. The minimum absolute atomic E-state index is 0.202. The highest BCUT2D eigenvalue weighted by Gasteiger charge is 2.30. The maximum atomic E-state index is 11.9. The van der Waals surface area contributed by atoms with Crippen molar-refractivity contribution in [2.75, 3.05) is 7.05 Å². The highest BCUT2D eigenvalue weighted by atomic mass is 16.6. The average molecular weight is 280 g/mol. The molecule has 1 amide bonds. The molecular weight excluding hydrogens is 260 g/mol. The first kappa shape index (κ1) is 15.9. The molecule has 0 aliphatic heterocycles. The van der Waals surface area contributed by atoms with E-state index in [1.165, 1.54) is 7.05 Å². The number of aromatic nitrogens is 1. The second kappa shape index (κ2) is 6.36. The summed E-state index contributed by atoms with van der Waals surface area (Å²) < 4.78 is 5.18. The smallest absolute Gasteiger partial charge is 0.410 e. The summed E-state index contributed by atoms with van der Waals surface area (Å²) in [6, 6.07) is 2.46. The number of likely N-dealkylation sites (N-methyl/N-ethyl adjacent to an activating group) is 1. The van der Waals surface area contributed by atoms with Gasteiger partial charge < -0.3 is 9.84 Å². The number of carboxylic acids is 1. The van der Waals surface area contributed by atoms with Crippen molar-refractivity contribution >= 4 is 12.1 Å². The molecule has 0 aliphatic carbocycles. The third kappa shape index (κ3) is 4.87. The predicted octanol–water partition coefficient (Wildman–Crippen LogP) is 1.94. The topological polar surface area (TPSA) is 79.7 Å². The summed E-state index contributed by atoms with van der Waals surface area (Å²) in [5, 5.41) is 9.29. The summed E-state index contributed by atoms with van der Waals surface area (Å²) in [6.45, 7) is 5.20. The summed E-state index contributed by atoms with van der Waals surface area (Å²) in [4.78, 5) is 28.3. The minimum Gasteiger partial charge on any atom is -0.480 e. The van der Waals surface area contributed by atoms with Crippen LogP contribution in [0.15, 0.2) is 24.5 Å². The first-order valence-electron chi connectivity index (χ1n) is 6.28. The summed E-state index contributed by atoms with van der Waals surface area (Å²) >= 11 is 0. The van der Waals surface area contributed by atoms with Crippen molar-refractivity contribution < 1.29 is 19.4 Å². The van der Waals surface area contributed by atoms with Gasteiger partial charge in [-0.05, 0) is 38.5 Å². The Morgan fingerprint density at radius 3 is 2.35 bits per heavy atom. The van der Waals surface area contributed by atoms with Gasteiger partial charge in [-0.1, -0.05) is 0 Å². The van der Waals surface area contributed by atoms with Gasteiger partial charge in [0.05, 0.1) is 0 Å². The predicted molar refractivity (Wildman–Crippen MR) is 73.4 cm³/mol. The van der Waals surface area contributed by atoms with Gasteiger partial charge in [-0.25, -0.2) is 9.59 Å². The summed E-state index contributed by atoms with van der Waals surface area (Å²) in [5.41, 5.74) is 0.133. The van der Waals surface area contributed by atoms with Gasteiger partial charge in [0.15, 0.2) is 0 Å². The number of carbonyl (C=O) groups is 2. The fourth-order valence-corrected chi connectivity index (χ4v) is 1.59. The molecule has 1 heterocycles. The van der Waals surface area contributed by atoms with Crippen LogP contribution in [0, 0.1) is 0 Å². The highest BCUT2D eigenvalue weighted by molar-refractivity contribution is 5.80. The third-order valence-electron chi connectivity index (χ3n) is 2.61. The number of hydrogen-bond donors (Lipinski definition) is 1. The van der Waals surface area contributed by atoms with Crippen molar-refractivity contribution in [3.63, 3.8) is 0 Å². The molecule has 20 heavy (non-hydrogen) atoms. The molecule has 6 heteroatoms. The van der Waals surface area contributed by atoms with Crippen LogP contribution in [0.3, 0.4) is 0 Å². The van der Waals surface area contributed by atoms with E-state index < -0.39 is 23.7 Å². The summed E-state index contributed by atoms with van der Waals surface area (Å²) in [7, 11) is 1.42. The SMILES string of the molecule is CN(C(=O)OC(C)(C)C)C(Cc1ccncc1)C(=O)O. The molecule has 0 aromatic carbocycles. The van der Waals surface area contributed by atoms with Crippen LogP contribution in [0.5, 0.6) is 0 Å². The molecule has 110 valence electrons. The molecular formula is C14H20N2O4. The molecule has 0 saturated carbocycles. The molecule has 0 bridgehead atoms. The van der Waals surface area contributed by atoms with Gasteiger partial charge in [0, 0.05) is 25.9 Å². The number of amides is 1. The first-order chi connectivity index (χ1) is 9.20. The maximum Gasteiger partial charge on any atom is 0.410 e. The van der Waals surface area contributed by atoms with Gasteiger partial charge >= 0.3 is 12.1 Å². The van der Waals surface area contributed by atoms with Gasteiger partial charge in [-0.2, -0.15) is 0 Å². The summed E-state index contributed by atoms with van der Waals surface area (Å²) in [6.07, 6.45) is 2.72. The number of hydrogen-bond acceptors (Lipinski definition) is 4. The Morgan fingerprint density at radius 2 is 1.90 bits per heavy atom. The van der Waals surface area contributed by atoms with Gasteiger partial charge in [0.25, 0.3) is 0 Å². The number of ether oxygens (including phenoxy) is 1. The Labute approximate surface area is 118 Å². The van der Waals surface area contributed by atoms with E-state index in [-0.39, 0.29) is 6.42 Å². The Hall–Kier alpha value is -2.11. The highest BCUT2D eigenvalue weighted by Crippen LogP contribution is 2.13. The minimum atomic E-state index is -1.07. The van der Waals surface area contributed by atoms with Gasteiger partial charge in [0.1, 0.15) is 11.6 Å². The van der Waals surface area contributed by atoms with E-state index in [0.29, 0.717) is 0 Å². The van der Waals surface area contributed by atoms with Crippen LogP contribution in [0.4, 0.5) is 4.79 Å². The van der Waals surface area contributed by atoms with Crippen LogP contribution in [0.1, 0.15) is 26.3 Å². The van der Waals surface area contributed by atoms with E-state index >= 15 is 0 Å². The zero-order chi connectivity index (χ0) is 15.3. The van der Waals surface area contributed by atoms with Crippen molar-refractivity contribution in [3.05, 3.63) is 30.1 Å². The molecule has 1 aromatic heterocycles. The number of aliphatic carboxylic acids is 1. The fraction of sp³-hybridized carbons (Fsp3) is 0.500. The maximum absolute atomic E-state index is 11.9. The molecule has 1 aromatic rings. The number of rotatable bonds is 4. The third-order valence-corrected chi connectivity index (χ3v) is 2.61. The molecule has 0 fully saturated rings. The Bertz CT molecular complexity index is 468. The normalized spacial score (nSPS) is 12.6. The second-order valence-electron chi connectivity index (χ2n) is 5.50. The van der Waals surface area contributed by atoms with Gasteiger partial charge in [-0.3, -0.25) is 9.88 Å². The van der Waals surface area contributed by atoms with E-state index in [4.69, 9.17) is 4.74 Å². The zero-order valence-electron chi connectivity index (χ0n) is 12.2. The fourth-order valence-electron chi connectivity index (χ4n) is 1.59. The van der Waals surface area contributed by atoms with E-state index in [1.54, 1.807) is 45.3 Å². The van der Waals surface area contributed by atoms with Gasteiger partial charge in [0.2, 0.25) is 0 Å². The Morgan fingerprint density at radius 1 is 1.35 bits per heavy atom. The molecule has 6 nitrogen and oxygen atoms in total. The van der Waals surface area contributed by atoms with Crippen molar-refractivity contribution in [2.24, 2.45) is 0 Å². The molecule has 0 radical (unpaired) electrons. The van der Waals surface area contributed by atoms with Crippen LogP contribution in [0.2, 0.25) is 0 Å². The lowest BCUT2D eigenvalue weighted by atomic mass is 10.1. The van der Waals surface area contributed by atoms with Crippen molar-refractivity contribution in [1.29, 1.82) is 0 Å². The molecule has 0 aliphatic rings. The quantitative estimate of drug-likeness (QED) is 0.911. The molecule has 1 atom stereocenters. The van der Waals surface area contributed by atoms with Crippen LogP contribution in [-0.4, -0.2) is 45.7 Å². The van der Waals surface area contributed by atoms with E-state index in [9.17, 15) is 14.7 Å². The standard InChI is InChI=1S/C14H20N2O4/c1-14(2,3)20-13(19)16(4)11(12(17)18)9-10-5-7-15-8-6-10/h5-8,11H,9H2,1-4H3,(H,17,18). The Kier molecular flexibility index (Phi) is 5.07. The van der Waals surface area contributed by atoms with E-state index in [2.05, 4.69) is 4.98 Å². The van der Waals surface area contributed by atoms with Crippen LogP contribution in [-0.2, 0) is 16.0 Å². The van der Waals surface area contributed by atoms with E-state index in [0.717, 1.165) is 10.5 Å². The van der Waals surface area contributed by atoms with Crippen LogP contribution >= 0.6 is 0 Å². The van der Waals surface area contributed by atoms with Crippen LogP contribution in [0.25, 0.3) is 0 Å². The molecule has 0 spiro atoms. The second-order valence-corrected chi connectivity index (χ2v) is 5.50. The summed E-state index contributed by atoms with van der Waals surface area (Å²) in [5.74, 6) is -1.07. The van der Waals surface area contributed by atoms with Crippen molar-refractivity contribution in [1.82, 2.24) is 9.88 Å². The molecule has 1 N–H and O–H groups in total. The molecule has 1 unspecified atom stereocenters. The molecule has 1 rings (SSSR count). The van der Waals surface area contributed by atoms with Crippen LogP contribution < -0.4 is 0 Å². The zero-order valence-corrected chi connectivity index (χ0v) is 12.2. The largest absolute Gasteiger partial charge is 0.480 e.